The number of methoxy groups -OCH3 is 2. The van der Waals surface area contributed by atoms with Crippen LogP contribution in [0, 0.1) is 5.82 Å². The van der Waals surface area contributed by atoms with E-state index in [1.54, 1.807) is 6.07 Å². The van der Waals surface area contributed by atoms with Gasteiger partial charge >= 0.3 is 0 Å². The highest BCUT2D eigenvalue weighted by molar-refractivity contribution is 6.31. The van der Waals surface area contributed by atoms with Crippen LogP contribution in [0.5, 0.6) is 17.2 Å². The molecule has 0 amide bonds. The van der Waals surface area contributed by atoms with Gasteiger partial charge in [-0.1, -0.05) is 11.6 Å². The van der Waals surface area contributed by atoms with E-state index in [-0.39, 0.29) is 41.7 Å². The predicted octanol–water partition coefficient (Wildman–Crippen LogP) is 6.75. The SMILES string of the molecule is COc1cc(C(=O)CCC(C)(F)c2ccc(OC)c(-c3ccc(F)c(Cl)c3)n2)ccc1OCCF. The molecule has 186 valence electrons. The fourth-order valence-corrected chi connectivity index (χ4v) is 3.66. The van der Waals surface area contributed by atoms with Crippen LogP contribution < -0.4 is 14.2 Å². The zero-order chi connectivity index (χ0) is 25.6. The van der Waals surface area contributed by atoms with Crippen LogP contribution in [0.3, 0.4) is 0 Å². The molecule has 3 rings (SSSR count). The Morgan fingerprint density at radius 1 is 1.03 bits per heavy atom. The number of hydrogen-bond donors (Lipinski definition) is 0. The Bertz CT molecular complexity index is 1200. The van der Waals surface area contributed by atoms with Crippen molar-refractivity contribution in [3.8, 4) is 28.5 Å². The Labute approximate surface area is 206 Å². The molecule has 0 saturated heterocycles. The average molecular weight is 508 g/mol. The Balaban J connectivity index is 1.80. The first-order valence-corrected chi connectivity index (χ1v) is 11.2. The zero-order valence-corrected chi connectivity index (χ0v) is 20.3. The standard InChI is InChI=1S/C26H25ClF3NO4/c1-26(30,11-10-20(32)16-5-7-21(35-13-12-28)23(15-16)34-3)24-9-8-22(33-2)25(31-24)17-4-6-19(29)18(27)14-17/h4-9,14-15H,10-13H2,1-3H3. The molecule has 0 N–H and O–H groups in total. The van der Waals surface area contributed by atoms with E-state index in [2.05, 4.69) is 4.98 Å². The predicted molar refractivity (Wildman–Crippen MR) is 128 cm³/mol. The maximum Gasteiger partial charge on any atom is 0.163 e. The summed E-state index contributed by atoms with van der Waals surface area (Å²) in [6.45, 7) is 0.546. The summed E-state index contributed by atoms with van der Waals surface area (Å²) in [5.41, 5.74) is -0.780. The van der Waals surface area contributed by atoms with Gasteiger partial charge in [-0.3, -0.25) is 4.79 Å². The van der Waals surface area contributed by atoms with Crippen molar-refractivity contribution >= 4 is 17.4 Å². The molecule has 0 aliphatic heterocycles. The molecule has 9 heteroatoms. The fourth-order valence-electron chi connectivity index (χ4n) is 3.48. The van der Waals surface area contributed by atoms with Gasteiger partial charge in [-0.2, -0.15) is 0 Å². The quantitative estimate of drug-likeness (QED) is 0.268. The van der Waals surface area contributed by atoms with Crippen molar-refractivity contribution in [3.63, 3.8) is 0 Å². The maximum absolute atomic E-state index is 15.7. The summed E-state index contributed by atoms with van der Waals surface area (Å²) in [7, 11) is 2.85. The number of carbonyl (C=O) groups is 1. The summed E-state index contributed by atoms with van der Waals surface area (Å²) in [6.07, 6.45) is -0.247. The molecule has 3 aromatic rings. The summed E-state index contributed by atoms with van der Waals surface area (Å²) in [5, 5.41) is -0.0955. The molecule has 35 heavy (non-hydrogen) atoms. The summed E-state index contributed by atoms with van der Waals surface area (Å²) < 4.78 is 57.5. The first-order valence-electron chi connectivity index (χ1n) is 10.8. The molecule has 0 spiro atoms. The smallest absolute Gasteiger partial charge is 0.163 e. The van der Waals surface area contributed by atoms with Crippen LogP contribution in [0.15, 0.2) is 48.5 Å². The highest BCUT2D eigenvalue weighted by atomic mass is 35.5. The van der Waals surface area contributed by atoms with Gasteiger partial charge in [0.2, 0.25) is 0 Å². The van der Waals surface area contributed by atoms with E-state index in [1.165, 1.54) is 63.6 Å². The molecule has 1 atom stereocenters. The van der Waals surface area contributed by atoms with Crippen molar-refractivity contribution in [1.82, 2.24) is 4.98 Å². The lowest BCUT2D eigenvalue weighted by molar-refractivity contribution is 0.0929. The molecule has 5 nitrogen and oxygen atoms in total. The molecule has 0 bridgehead atoms. The highest BCUT2D eigenvalue weighted by Crippen LogP contribution is 2.36. The molecular weight excluding hydrogens is 483 g/mol. The molecule has 1 unspecified atom stereocenters. The monoisotopic (exact) mass is 507 g/mol. The molecule has 0 radical (unpaired) electrons. The van der Waals surface area contributed by atoms with E-state index in [0.29, 0.717) is 28.3 Å². The van der Waals surface area contributed by atoms with Gasteiger partial charge in [-0.15, -0.1) is 0 Å². The lowest BCUT2D eigenvalue weighted by Crippen LogP contribution is -2.19. The van der Waals surface area contributed by atoms with Crippen LogP contribution >= 0.6 is 11.6 Å². The van der Waals surface area contributed by atoms with Crippen LogP contribution in [0.1, 0.15) is 35.8 Å². The van der Waals surface area contributed by atoms with Crippen molar-refractivity contribution in [2.75, 3.05) is 27.5 Å². The summed E-state index contributed by atoms with van der Waals surface area (Å²) in [4.78, 5) is 17.2. The Morgan fingerprint density at radius 3 is 2.40 bits per heavy atom. The van der Waals surface area contributed by atoms with Gasteiger partial charge in [0.25, 0.3) is 0 Å². The molecule has 0 aliphatic carbocycles. The van der Waals surface area contributed by atoms with Crippen LogP contribution in [-0.4, -0.2) is 38.3 Å². The lowest BCUT2D eigenvalue weighted by Gasteiger charge is -2.21. The second-order valence-electron chi connectivity index (χ2n) is 7.90. The number of nitrogens with zero attached hydrogens (tertiary/aromatic N) is 1. The van der Waals surface area contributed by atoms with Crippen molar-refractivity contribution < 1.29 is 32.2 Å². The number of halogens is 4. The van der Waals surface area contributed by atoms with Crippen molar-refractivity contribution in [2.45, 2.75) is 25.4 Å². The molecule has 1 heterocycles. The number of hydrogen-bond acceptors (Lipinski definition) is 5. The van der Waals surface area contributed by atoms with Gasteiger partial charge < -0.3 is 14.2 Å². The van der Waals surface area contributed by atoms with Gasteiger partial charge in [-0.25, -0.2) is 18.2 Å². The Hall–Kier alpha value is -3.26. The third-order valence-corrected chi connectivity index (χ3v) is 5.74. The number of rotatable bonds is 11. The van der Waals surface area contributed by atoms with Gasteiger partial charge in [0.1, 0.15) is 36.2 Å². The van der Waals surface area contributed by atoms with Crippen molar-refractivity contribution in [3.05, 3.63) is 70.6 Å². The highest BCUT2D eigenvalue weighted by Gasteiger charge is 2.30. The van der Waals surface area contributed by atoms with Crippen LogP contribution in [0.4, 0.5) is 13.2 Å². The van der Waals surface area contributed by atoms with Gasteiger partial charge in [-0.05, 0) is 61.9 Å². The van der Waals surface area contributed by atoms with Crippen molar-refractivity contribution in [1.29, 1.82) is 0 Å². The zero-order valence-electron chi connectivity index (χ0n) is 19.5. The number of aromatic nitrogens is 1. The minimum absolute atomic E-state index is 0.0918. The number of benzene rings is 2. The number of ketones is 1. The maximum atomic E-state index is 15.7. The van der Waals surface area contributed by atoms with Gasteiger partial charge in [0.15, 0.2) is 17.3 Å². The summed E-state index contributed by atoms with van der Waals surface area (Å²) in [6, 6.07) is 11.6. The fraction of sp³-hybridized carbons (Fsp3) is 0.308. The van der Waals surface area contributed by atoms with E-state index in [4.69, 9.17) is 25.8 Å². The number of ether oxygens (including phenoxy) is 3. The number of pyridine rings is 1. The number of carbonyl (C=O) groups excluding carboxylic acids is 1. The van der Waals surface area contributed by atoms with E-state index >= 15 is 4.39 Å². The minimum atomic E-state index is -1.95. The van der Waals surface area contributed by atoms with Gasteiger partial charge in [0.05, 0.1) is 24.9 Å². The molecule has 1 aromatic heterocycles. The summed E-state index contributed by atoms with van der Waals surface area (Å²) >= 11 is 5.90. The average Bonchev–Trinajstić information content (AvgIpc) is 2.87. The molecule has 0 saturated carbocycles. The largest absolute Gasteiger partial charge is 0.494 e. The minimum Gasteiger partial charge on any atom is -0.494 e. The van der Waals surface area contributed by atoms with Crippen LogP contribution in [0.2, 0.25) is 5.02 Å². The first-order chi connectivity index (χ1) is 16.7. The third kappa shape index (κ3) is 6.25. The van der Waals surface area contributed by atoms with E-state index < -0.39 is 18.2 Å². The first kappa shape index (κ1) is 26.3. The Kier molecular flexibility index (Phi) is 8.62. The molecular formula is C26H25ClF3NO4. The second kappa shape index (κ2) is 11.4. The summed E-state index contributed by atoms with van der Waals surface area (Å²) in [5.74, 6) is 0.0753. The van der Waals surface area contributed by atoms with Crippen molar-refractivity contribution in [2.24, 2.45) is 0 Å². The number of Topliss-reactive ketones (excluding diaryl/α,β-unsaturated/α-hetero) is 1. The normalized spacial score (nSPS) is 12.7. The molecule has 2 aromatic carbocycles. The lowest BCUT2D eigenvalue weighted by atomic mass is 9.93. The topological polar surface area (TPSA) is 57.7 Å². The number of alkyl halides is 2. The Morgan fingerprint density at radius 2 is 1.74 bits per heavy atom. The van der Waals surface area contributed by atoms with E-state index in [9.17, 15) is 13.6 Å². The van der Waals surface area contributed by atoms with Crippen LogP contribution in [0.25, 0.3) is 11.3 Å². The van der Waals surface area contributed by atoms with E-state index in [1.807, 2.05) is 0 Å². The van der Waals surface area contributed by atoms with Crippen LogP contribution in [-0.2, 0) is 5.67 Å². The molecule has 0 fully saturated rings. The second-order valence-corrected chi connectivity index (χ2v) is 8.31. The third-order valence-electron chi connectivity index (χ3n) is 5.45. The van der Waals surface area contributed by atoms with E-state index in [0.717, 1.165) is 0 Å². The molecule has 0 aliphatic rings. The van der Waals surface area contributed by atoms with Gasteiger partial charge in [0, 0.05) is 17.5 Å².